The molecule has 0 bridgehead atoms. The lowest BCUT2D eigenvalue weighted by Gasteiger charge is -2.18. The van der Waals surface area contributed by atoms with E-state index in [-0.39, 0.29) is 5.82 Å². The monoisotopic (exact) mass is 332 g/mol. The van der Waals surface area contributed by atoms with Gasteiger partial charge in [0.05, 0.1) is 23.4 Å². The van der Waals surface area contributed by atoms with Gasteiger partial charge in [-0.1, -0.05) is 11.6 Å². The molecule has 1 saturated heterocycles. The molecule has 2 aromatic rings. The molecule has 7 heteroatoms. The number of anilines is 1. The fraction of sp³-hybridized carbons (Fsp3) is 0.312. The van der Waals surface area contributed by atoms with Crippen LogP contribution in [0.5, 0.6) is 5.88 Å². The average molecular weight is 333 g/mol. The molecule has 2 aromatic heterocycles. The molecular formula is C16H14ClFN4O. The molecule has 0 amide bonds. The highest BCUT2D eigenvalue weighted by atomic mass is 35.5. The maximum Gasteiger partial charge on any atom is 0.213 e. The Morgan fingerprint density at radius 2 is 2.26 bits per heavy atom. The van der Waals surface area contributed by atoms with Gasteiger partial charge in [-0.05, 0) is 18.6 Å². The zero-order valence-electron chi connectivity index (χ0n) is 12.2. The van der Waals surface area contributed by atoms with Gasteiger partial charge in [0.15, 0.2) is 0 Å². The van der Waals surface area contributed by atoms with E-state index in [1.54, 1.807) is 6.07 Å². The molecule has 1 aliphatic heterocycles. The van der Waals surface area contributed by atoms with Gasteiger partial charge in [0.1, 0.15) is 17.7 Å². The summed E-state index contributed by atoms with van der Waals surface area (Å²) in [6.07, 6.45) is 3.60. The summed E-state index contributed by atoms with van der Waals surface area (Å²) in [5.41, 5.74) is 0.445. The molecule has 0 aliphatic carbocycles. The minimum absolute atomic E-state index is 0.315. The maximum absolute atomic E-state index is 12.8. The predicted molar refractivity (Wildman–Crippen MR) is 84.0 cm³/mol. The number of ether oxygens (including phenoxy) is 1. The Morgan fingerprint density at radius 1 is 1.39 bits per heavy atom. The van der Waals surface area contributed by atoms with Crippen LogP contribution >= 0.6 is 11.6 Å². The number of aromatic nitrogens is 2. The van der Waals surface area contributed by atoms with Crippen LogP contribution in [-0.4, -0.2) is 29.7 Å². The number of nitrogens with zero attached hydrogens (tertiary/aromatic N) is 4. The molecule has 1 fully saturated rings. The number of hydrogen-bond donors (Lipinski definition) is 0. The van der Waals surface area contributed by atoms with E-state index < -0.39 is 0 Å². The van der Waals surface area contributed by atoms with Crippen LogP contribution in [0.1, 0.15) is 12.0 Å². The van der Waals surface area contributed by atoms with E-state index in [2.05, 4.69) is 14.9 Å². The molecule has 1 unspecified atom stereocenters. The Morgan fingerprint density at radius 3 is 2.96 bits per heavy atom. The van der Waals surface area contributed by atoms with Gasteiger partial charge in [-0.15, -0.1) is 0 Å². The molecule has 5 nitrogen and oxygen atoms in total. The first-order valence-electron chi connectivity index (χ1n) is 7.20. The summed E-state index contributed by atoms with van der Waals surface area (Å²) < 4.78 is 18.4. The third-order valence-electron chi connectivity index (χ3n) is 3.70. The van der Waals surface area contributed by atoms with E-state index in [4.69, 9.17) is 21.6 Å². The zero-order chi connectivity index (χ0) is 16.2. The largest absolute Gasteiger partial charge is 0.477 e. The number of halogens is 2. The fourth-order valence-corrected chi connectivity index (χ4v) is 2.82. The Balaban J connectivity index is 1.58. The maximum atomic E-state index is 12.8. The van der Waals surface area contributed by atoms with Crippen molar-refractivity contribution in [1.82, 2.24) is 9.97 Å². The zero-order valence-corrected chi connectivity index (χ0v) is 13.0. The van der Waals surface area contributed by atoms with E-state index in [1.165, 1.54) is 18.3 Å². The van der Waals surface area contributed by atoms with Crippen LogP contribution in [-0.2, 0) is 0 Å². The molecule has 1 atom stereocenters. The van der Waals surface area contributed by atoms with E-state index >= 15 is 0 Å². The van der Waals surface area contributed by atoms with Gasteiger partial charge < -0.3 is 9.64 Å². The van der Waals surface area contributed by atoms with Crippen molar-refractivity contribution in [3.63, 3.8) is 0 Å². The molecule has 0 saturated carbocycles. The first kappa shape index (κ1) is 15.5. The number of hydrogen-bond acceptors (Lipinski definition) is 5. The summed E-state index contributed by atoms with van der Waals surface area (Å²) in [4.78, 5) is 10.2. The number of rotatable bonds is 4. The van der Waals surface area contributed by atoms with Crippen LogP contribution in [0.25, 0.3) is 0 Å². The highest BCUT2D eigenvalue weighted by molar-refractivity contribution is 6.33. The molecule has 0 spiro atoms. The van der Waals surface area contributed by atoms with Crippen LogP contribution in [0.3, 0.4) is 0 Å². The molecule has 3 heterocycles. The minimum atomic E-state index is -0.383. The molecule has 3 rings (SSSR count). The lowest BCUT2D eigenvalue weighted by atomic mass is 10.1. The first-order valence-corrected chi connectivity index (χ1v) is 7.58. The van der Waals surface area contributed by atoms with Gasteiger partial charge in [-0.25, -0.2) is 14.4 Å². The molecule has 23 heavy (non-hydrogen) atoms. The second kappa shape index (κ2) is 6.80. The lowest BCUT2D eigenvalue weighted by Crippen LogP contribution is -2.23. The van der Waals surface area contributed by atoms with Gasteiger partial charge in [-0.2, -0.15) is 5.26 Å². The number of nitriles is 1. The molecule has 0 radical (unpaired) electrons. The molecule has 0 N–H and O–H groups in total. The van der Waals surface area contributed by atoms with Crippen molar-refractivity contribution < 1.29 is 9.13 Å². The van der Waals surface area contributed by atoms with Crippen molar-refractivity contribution in [3.05, 3.63) is 47.0 Å². The average Bonchev–Trinajstić information content (AvgIpc) is 3.03. The molecule has 1 aliphatic rings. The van der Waals surface area contributed by atoms with Crippen LogP contribution in [0.2, 0.25) is 5.02 Å². The summed E-state index contributed by atoms with van der Waals surface area (Å²) >= 11 is 6.19. The molecular weight excluding hydrogens is 319 g/mol. The summed E-state index contributed by atoms with van der Waals surface area (Å²) in [6, 6.07) is 6.48. The summed E-state index contributed by atoms with van der Waals surface area (Å²) in [5.74, 6) is 1.04. The third-order valence-corrected chi connectivity index (χ3v) is 3.98. The summed E-state index contributed by atoms with van der Waals surface area (Å²) in [7, 11) is 0. The second-order valence-electron chi connectivity index (χ2n) is 5.37. The predicted octanol–water partition coefficient (Wildman–Crippen LogP) is 3.05. The van der Waals surface area contributed by atoms with Gasteiger partial charge in [0.25, 0.3) is 0 Å². The summed E-state index contributed by atoms with van der Waals surface area (Å²) in [5, 5.41) is 9.33. The van der Waals surface area contributed by atoms with Gasteiger partial charge in [0.2, 0.25) is 5.88 Å². The van der Waals surface area contributed by atoms with Crippen LogP contribution in [0.15, 0.2) is 30.6 Å². The van der Waals surface area contributed by atoms with E-state index in [1.807, 2.05) is 6.07 Å². The van der Waals surface area contributed by atoms with Crippen LogP contribution in [0, 0.1) is 23.1 Å². The quantitative estimate of drug-likeness (QED) is 0.861. The summed E-state index contributed by atoms with van der Waals surface area (Å²) in [6.45, 7) is 2.09. The number of pyridine rings is 2. The van der Waals surface area contributed by atoms with E-state index in [0.717, 1.165) is 25.7 Å². The second-order valence-corrected chi connectivity index (χ2v) is 5.77. The standard InChI is InChI=1S/C16H14ClFN4O/c17-14-5-12(6-19)7-21-16(14)22-4-3-11(9-22)10-23-15-2-1-13(18)8-20-15/h1-2,5,7-8,11H,3-4,9-10H2. The smallest absolute Gasteiger partial charge is 0.213 e. The van der Waals surface area contributed by atoms with Crippen molar-refractivity contribution in [3.8, 4) is 11.9 Å². The fourth-order valence-electron chi connectivity index (χ4n) is 2.54. The lowest BCUT2D eigenvalue weighted by molar-refractivity contribution is 0.251. The van der Waals surface area contributed by atoms with Crippen LogP contribution < -0.4 is 9.64 Å². The van der Waals surface area contributed by atoms with Crippen molar-refractivity contribution in [2.75, 3.05) is 24.6 Å². The normalized spacial score (nSPS) is 17.1. The Labute approximate surface area is 138 Å². The first-order chi connectivity index (χ1) is 11.2. The van der Waals surface area contributed by atoms with Crippen molar-refractivity contribution in [1.29, 1.82) is 5.26 Å². The molecule has 118 valence electrons. The van der Waals surface area contributed by atoms with E-state index in [0.29, 0.717) is 34.8 Å². The van der Waals surface area contributed by atoms with Gasteiger partial charge >= 0.3 is 0 Å². The minimum Gasteiger partial charge on any atom is -0.477 e. The van der Waals surface area contributed by atoms with Crippen molar-refractivity contribution in [2.45, 2.75) is 6.42 Å². The van der Waals surface area contributed by atoms with Gasteiger partial charge in [0, 0.05) is 31.3 Å². The Hall–Kier alpha value is -2.39. The highest BCUT2D eigenvalue weighted by Crippen LogP contribution is 2.29. The highest BCUT2D eigenvalue weighted by Gasteiger charge is 2.25. The van der Waals surface area contributed by atoms with Crippen LogP contribution in [0.4, 0.5) is 10.2 Å². The topological polar surface area (TPSA) is 62.0 Å². The third kappa shape index (κ3) is 3.69. The SMILES string of the molecule is N#Cc1cnc(N2CCC(COc3ccc(F)cn3)C2)c(Cl)c1. The van der Waals surface area contributed by atoms with E-state index in [9.17, 15) is 4.39 Å². The molecule has 0 aromatic carbocycles. The Kier molecular flexibility index (Phi) is 4.58. The Bertz CT molecular complexity index is 732. The van der Waals surface area contributed by atoms with Crippen molar-refractivity contribution in [2.24, 2.45) is 5.92 Å². The van der Waals surface area contributed by atoms with Gasteiger partial charge in [-0.3, -0.25) is 0 Å². The van der Waals surface area contributed by atoms with Crippen molar-refractivity contribution >= 4 is 17.4 Å².